The molecule has 3 fully saturated rings. The average molecular weight is 473 g/mol. The number of amides is 1. The van der Waals surface area contributed by atoms with Gasteiger partial charge < -0.3 is 15.0 Å². The van der Waals surface area contributed by atoms with E-state index in [9.17, 15) is 9.18 Å². The first-order valence-corrected chi connectivity index (χ1v) is 12.1. The maximum absolute atomic E-state index is 14.9. The molecular formula is C26H25FN6O2. The number of benzene rings is 1. The molecule has 2 atom stereocenters. The number of methoxy groups -OCH3 is 1. The van der Waals surface area contributed by atoms with Crippen LogP contribution in [0, 0.1) is 5.82 Å². The Hall–Kier alpha value is -3.59. The Kier molecular flexibility index (Phi) is 4.57. The molecular weight excluding hydrogens is 447 g/mol. The van der Waals surface area contributed by atoms with Crippen LogP contribution in [0.5, 0.6) is 5.75 Å². The fourth-order valence-corrected chi connectivity index (χ4v) is 5.63. The lowest BCUT2D eigenvalue weighted by Gasteiger charge is -2.28. The third-order valence-corrected chi connectivity index (χ3v) is 7.59. The van der Waals surface area contributed by atoms with Gasteiger partial charge in [0.05, 0.1) is 30.6 Å². The Bertz CT molecular complexity index is 1360. The van der Waals surface area contributed by atoms with Gasteiger partial charge in [-0.3, -0.25) is 14.7 Å². The normalized spacial score (nSPS) is 22.7. The Morgan fingerprint density at radius 1 is 1.20 bits per heavy atom. The van der Waals surface area contributed by atoms with E-state index < -0.39 is 5.82 Å². The van der Waals surface area contributed by atoms with Crippen molar-refractivity contribution in [3.8, 4) is 17.0 Å². The van der Waals surface area contributed by atoms with Crippen molar-refractivity contribution in [2.75, 3.05) is 30.0 Å². The van der Waals surface area contributed by atoms with Gasteiger partial charge in [0.1, 0.15) is 17.4 Å². The fraction of sp³-hybridized carbons (Fsp3) is 0.385. The second kappa shape index (κ2) is 7.71. The molecule has 0 spiro atoms. The number of nitrogens with zero attached hydrogens (tertiary/aromatic N) is 5. The number of carbonyl (C=O) groups is 1. The van der Waals surface area contributed by atoms with Gasteiger partial charge in [-0.05, 0) is 37.5 Å². The number of nitrogens with one attached hydrogen (secondary N) is 1. The predicted molar refractivity (Wildman–Crippen MR) is 128 cm³/mol. The molecule has 3 aliphatic heterocycles. The lowest BCUT2D eigenvalue weighted by atomic mass is 10.0. The highest BCUT2D eigenvalue weighted by molar-refractivity contribution is 6.10. The maximum atomic E-state index is 14.9. The van der Waals surface area contributed by atoms with E-state index in [-0.39, 0.29) is 18.0 Å². The molecule has 1 amide bonds. The minimum absolute atomic E-state index is 0.157. The van der Waals surface area contributed by atoms with E-state index in [1.807, 2.05) is 6.07 Å². The molecule has 0 unspecified atom stereocenters. The summed E-state index contributed by atoms with van der Waals surface area (Å²) >= 11 is 0. The number of hydrogen-bond acceptors (Lipinski definition) is 7. The van der Waals surface area contributed by atoms with Crippen molar-refractivity contribution >= 4 is 17.7 Å². The van der Waals surface area contributed by atoms with Gasteiger partial charge in [-0.25, -0.2) is 9.37 Å². The number of ether oxygens (including phenoxy) is 1. The monoisotopic (exact) mass is 472 g/mol. The smallest absolute Gasteiger partial charge is 0.260 e. The van der Waals surface area contributed by atoms with E-state index >= 15 is 0 Å². The summed E-state index contributed by atoms with van der Waals surface area (Å²) in [5.74, 6) is 1.52. The van der Waals surface area contributed by atoms with Gasteiger partial charge in [-0.2, -0.15) is 4.98 Å². The Labute approximate surface area is 202 Å². The summed E-state index contributed by atoms with van der Waals surface area (Å²) in [6.45, 7) is 2.08. The van der Waals surface area contributed by atoms with Crippen molar-refractivity contribution in [2.45, 2.75) is 43.8 Å². The Morgan fingerprint density at radius 3 is 2.83 bits per heavy atom. The number of carbonyl (C=O) groups excluding carboxylic acids is 1. The highest BCUT2D eigenvalue weighted by atomic mass is 19.1. The molecule has 7 rings (SSSR count). The fourth-order valence-electron chi connectivity index (χ4n) is 5.63. The molecule has 0 radical (unpaired) electrons. The van der Waals surface area contributed by atoms with Crippen molar-refractivity contribution in [1.29, 1.82) is 0 Å². The minimum Gasteiger partial charge on any atom is -0.496 e. The zero-order valence-electron chi connectivity index (χ0n) is 19.4. The molecule has 1 aliphatic carbocycles. The van der Waals surface area contributed by atoms with Crippen LogP contribution in [0.4, 0.5) is 16.2 Å². The van der Waals surface area contributed by atoms with Gasteiger partial charge in [-0.1, -0.05) is 6.07 Å². The van der Waals surface area contributed by atoms with Crippen LogP contribution in [-0.2, 0) is 6.54 Å². The van der Waals surface area contributed by atoms with Crippen LogP contribution in [0.2, 0.25) is 0 Å². The summed E-state index contributed by atoms with van der Waals surface area (Å²) in [6, 6.07) is 9.19. The Morgan fingerprint density at radius 2 is 2.09 bits per heavy atom. The van der Waals surface area contributed by atoms with Gasteiger partial charge in [0, 0.05) is 54.5 Å². The highest BCUT2D eigenvalue weighted by Gasteiger charge is 2.41. The molecule has 2 saturated heterocycles. The van der Waals surface area contributed by atoms with Crippen molar-refractivity contribution in [2.24, 2.45) is 0 Å². The lowest BCUT2D eigenvalue weighted by Crippen LogP contribution is -2.44. The summed E-state index contributed by atoms with van der Waals surface area (Å²) in [5, 5.41) is 3.52. The second-order valence-electron chi connectivity index (χ2n) is 9.77. The van der Waals surface area contributed by atoms with Crippen molar-refractivity contribution in [3.05, 3.63) is 59.2 Å². The number of hydrogen-bond donors (Lipinski definition) is 1. The second-order valence-corrected chi connectivity index (χ2v) is 9.77. The first kappa shape index (κ1) is 20.8. The SMILES string of the molecule is COc1cccc(F)c1-c1nccc2c1CN(c1cc(C3CC3)nc(N3C[C@@H]4C[C@H]3CN4)n1)C2=O. The van der Waals surface area contributed by atoms with Crippen molar-refractivity contribution in [1.82, 2.24) is 20.3 Å². The topological polar surface area (TPSA) is 83.5 Å². The van der Waals surface area contributed by atoms with Crippen LogP contribution < -0.4 is 19.9 Å². The molecule has 3 aromatic rings. The molecule has 2 aromatic heterocycles. The van der Waals surface area contributed by atoms with E-state index in [4.69, 9.17) is 14.7 Å². The molecule has 1 saturated carbocycles. The number of aromatic nitrogens is 3. The van der Waals surface area contributed by atoms with Crippen LogP contribution in [0.25, 0.3) is 11.3 Å². The van der Waals surface area contributed by atoms with Crippen molar-refractivity contribution in [3.63, 3.8) is 0 Å². The van der Waals surface area contributed by atoms with E-state index in [2.05, 4.69) is 15.2 Å². The summed E-state index contributed by atoms with van der Waals surface area (Å²) in [5.41, 5.74) is 2.88. The number of rotatable bonds is 5. The van der Waals surface area contributed by atoms with E-state index in [1.54, 1.807) is 29.3 Å². The van der Waals surface area contributed by atoms with E-state index in [0.29, 0.717) is 52.3 Å². The average Bonchev–Trinajstić information content (AvgIpc) is 3.37. The minimum atomic E-state index is -0.436. The first-order valence-electron chi connectivity index (χ1n) is 12.1. The first-order chi connectivity index (χ1) is 17.1. The Balaban J connectivity index is 1.30. The van der Waals surface area contributed by atoms with Crippen molar-refractivity contribution < 1.29 is 13.9 Å². The van der Waals surface area contributed by atoms with Crippen LogP contribution >= 0.6 is 0 Å². The molecule has 8 nitrogen and oxygen atoms in total. The molecule has 1 aromatic carbocycles. The number of pyridine rings is 1. The summed E-state index contributed by atoms with van der Waals surface area (Å²) in [7, 11) is 1.50. The zero-order chi connectivity index (χ0) is 23.7. The quantitative estimate of drug-likeness (QED) is 0.610. The standard InChI is InChI=1S/C26H25FN6O2/c1-35-21-4-2-3-19(27)23(21)24-18-13-33(25(34)17(18)7-8-28-24)22-10-20(14-5-6-14)30-26(31-22)32-12-15-9-16(32)11-29-15/h2-4,7-8,10,14-16,29H,5-6,9,11-13H2,1H3/t15-,16-/m0/s1. The molecule has 5 heterocycles. The number of piperazine rings is 1. The third kappa shape index (κ3) is 3.29. The van der Waals surface area contributed by atoms with Gasteiger partial charge >= 0.3 is 0 Å². The van der Waals surface area contributed by atoms with Gasteiger partial charge in [0.15, 0.2) is 0 Å². The number of halogens is 1. The molecule has 9 heteroatoms. The van der Waals surface area contributed by atoms with Crippen LogP contribution in [0.15, 0.2) is 36.5 Å². The number of anilines is 2. The number of fused-ring (bicyclic) bond motifs is 3. The molecule has 1 N–H and O–H groups in total. The summed E-state index contributed by atoms with van der Waals surface area (Å²) in [6.07, 6.45) is 4.87. The predicted octanol–water partition coefficient (Wildman–Crippen LogP) is 3.27. The molecule has 4 aliphatic rings. The third-order valence-electron chi connectivity index (χ3n) is 7.59. The van der Waals surface area contributed by atoms with Gasteiger partial charge in [0.25, 0.3) is 5.91 Å². The van der Waals surface area contributed by atoms with Gasteiger partial charge in [-0.15, -0.1) is 0 Å². The van der Waals surface area contributed by atoms with E-state index in [0.717, 1.165) is 38.0 Å². The molecule has 35 heavy (non-hydrogen) atoms. The molecule has 2 bridgehead atoms. The van der Waals surface area contributed by atoms with Gasteiger partial charge in [0.2, 0.25) is 5.95 Å². The lowest BCUT2D eigenvalue weighted by molar-refractivity contribution is 0.0996. The van der Waals surface area contributed by atoms with Crippen LogP contribution in [-0.4, -0.2) is 53.1 Å². The highest BCUT2D eigenvalue weighted by Crippen LogP contribution is 2.43. The largest absolute Gasteiger partial charge is 0.496 e. The van der Waals surface area contributed by atoms with E-state index in [1.165, 1.54) is 13.2 Å². The van der Waals surface area contributed by atoms with Crippen LogP contribution in [0.1, 0.15) is 46.8 Å². The molecule has 178 valence electrons. The van der Waals surface area contributed by atoms with Crippen LogP contribution in [0.3, 0.4) is 0 Å². The maximum Gasteiger partial charge on any atom is 0.260 e. The summed E-state index contributed by atoms with van der Waals surface area (Å²) in [4.78, 5) is 31.8. The zero-order valence-corrected chi connectivity index (χ0v) is 19.4. The summed E-state index contributed by atoms with van der Waals surface area (Å²) < 4.78 is 20.3.